The summed E-state index contributed by atoms with van der Waals surface area (Å²) in [7, 11) is 0. The van der Waals surface area contributed by atoms with Gasteiger partial charge in [-0.2, -0.15) is 0 Å². The molecule has 0 radical (unpaired) electrons. The Morgan fingerprint density at radius 1 is 1.17 bits per heavy atom. The van der Waals surface area contributed by atoms with Crippen molar-refractivity contribution >= 4 is 29.0 Å². The van der Waals surface area contributed by atoms with Crippen LogP contribution in [0, 0.1) is 31.3 Å². The number of aryl methyl sites for hydroxylation is 2. The zero-order valence-electron chi connectivity index (χ0n) is 16.3. The van der Waals surface area contributed by atoms with Crippen LogP contribution in [0.25, 0.3) is 16.6 Å². The fourth-order valence-electron chi connectivity index (χ4n) is 3.26. The number of ether oxygens (including phenoxy) is 1. The molecule has 0 aliphatic heterocycles. The van der Waals surface area contributed by atoms with E-state index in [0.29, 0.717) is 11.6 Å². The zero-order valence-corrected chi connectivity index (χ0v) is 16.3. The summed E-state index contributed by atoms with van der Waals surface area (Å²) in [5, 5.41) is 1.96. The number of aromatic nitrogens is 1. The molecule has 0 fully saturated rings. The third-order valence-electron chi connectivity index (χ3n) is 4.66. The molecule has 1 N–H and O–H groups in total. The Bertz CT molecular complexity index is 1250. The Morgan fingerprint density at radius 2 is 1.87 bits per heavy atom. The van der Waals surface area contributed by atoms with Crippen molar-refractivity contribution < 1.29 is 27.5 Å². The highest BCUT2D eigenvalue weighted by molar-refractivity contribution is 5.95. The van der Waals surface area contributed by atoms with Crippen molar-refractivity contribution in [2.24, 2.45) is 0 Å². The van der Waals surface area contributed by atoms with Crippen LogP contribution in [0.15, 0.2) is 29.2 Å². The summed E-state index contributed by atoms with van der Waals surface area (Å²) in [5.74, 6) is -4.06. The zero-order chi connectivity index (χ0) is 22.2. The topological polar surface area (TPSA) is 77.4 Å². The number of rotatable bonds is 5. The first-order valence-corrected chi connectivity index (χ1v) is 8.93. The Balaban J connectivity index is 2.50. The van der Waals surface area contributed by atoms with E-state index in [-0.39, 0.29) is 40.9 Å². The maximum absolute atomic E-state index is 14.3. The van der Waals surface area contributed by atoms with Crippen LogP contribution < -0.4 is 10.7 Å². The monoisotopic (exact) mass is 418 g/mol. The normalized spacial score (nSPS) is 10.9. The molecule has 3 aromatic rings. The smallest absolute Gasteiger partial charge is 0.343 e. The van der Waals surface area contributed by atoms with Crippen LogP contribution in [0.3, 0.4) is 0 Å². The van der Waals surface area contributed by atoms with E-state index in [2.05, 4.69) is 5.32 Å². The molecule has 0 saturated carbocycles. The van der Waals surface area contributed by atoms with Crippen molar-refractivity contribution in [3.05, 3.63) is 68.8 Å². The van der Waals surface area contributed by atoms with Crippen LogP contribution in [0.4, 0.5) is 18.9 Å². The van der Waals surface area contributed by atoms with Crippen LogP contribution >= 0.6 is 0 Å². The van der Waals surface area contributed by atoms with Crippen molar-refractivity contribution in [2.45, 2.75) is 20.8 Å². The third kappa shape index (κ3) is 3.42. The summed E-state index contributed by atoms with van der Waals surface area (Å²) < 4.78 is 48.7. The molecule has 3 rings (SSSR count). The molecule has 1 amide bonds. The van der Waals surface area contributed by atoms with Crippen LogP contribution in [0.1, 0.15) is 28.4 Å². The number of carbonyl (C=O) groups excluding carboxylic acids is 2. The second-order valence-corrected chi connectivity index (χ2v) is 6.54. The van der Waals surface area contributed by atoms with Gasteiger partial charge in [0.1, 0.15) is 11.4 Å². The number of amides is 1. The molecule has 1 heterocycles. The van der Waals surface area contributed by atoms with Gasteiger partial charge in [-0.15, -0.1) is 0 Å². The molecule has 6 nitrogen and oxygen atoms in total. The lowest BCUT2D eigenvalue weighted by Gasteiger charge is -2.18. The fourth-order valence-corrected chi connectivity index (χ4v) is 3.26. The van der Waals surface area contributed by atoms with E-state index in [1.807, 2.05) is 0 Å². The van der Waals surface area contributed by atoms with Gasteiger partial charge in [0.15, 0.2) is 11.6 Å². The molecule has 0 aliphatic rings. The van der Waals surface area contributed by atoms with Crippen molar-refractivity contribution in [3.63, 3.8) is 0 Å². The van der Waals surface area contributed by atoms with E-state index in [0.717, 1.165) is 12.3 Å². The van der Waals surface area contributed by atoms with E-state index >= 15 is 0 Å². The first-order valence-electron chi connectivity index (χ1n) is 8.93. The Labute approximate surface area is 168 Å². The second-order valence-electron chi connectivity index (χ2n) is 6.54. The van der Waals surface area contributed by atoms with E-state index in [1.165, 1.54) is 17.6 Å². The van der Waals surface area contributed by atoms with Gasteiger partial charge in [0.05, 0.1) is 28.9 Å². The highest BCUT2D eigenvalue weighted by Crippen LogP contribution is 2.29. The van der Waals surface area contributed by atoms with Gasteiger partial charge < -0.3 is 14.6 Å². The minimum absolute atomic E-state index is 0.00119. The summed E-state index contributed by atoms with van der Waals surface area (Å²) in [4.78, 5) is 35.9. The van der Waals surface area contributed by atoms with Crippen LogP contribution in [-0.4, -0.2) is 23.6 Å². The van der Waals surface area contributed by atoms with Gasteiger partial charge >= 0.3 is 5.97 Å². The summed E-state index contributed by atoms with van der Waals surface area (Å²) in [5.41, 5.74) is -0.977. The van der Waals surface area contributed by atoms with E-state index in [9.17, 15) is 27.6 Å². The maximum Gasteiger partial charge on any atom is 0.343 e. The number of benzene rings is 2. The Hall–Kier alpha value is -3.62. The molecule has 0 spiro atoms. The Kier molecular flexibility index (Phi) is 5.64. The molecule has 0 unspecified atom stereocenters. The molecule has 0 saturated heterocycles. The minimum Gasteiger partial charge on any atom is -0.462 e. The van der Waals surface area contributed by atoms with E-state index < -0.39 is 34.4 Å². The second kappa shape index (κ2) is 8.02. The van der Waals surface area contributed by atoms with Gasteiger partial charge in [0, 0.05) is 11.8 Å². The third-order valence-corrected chi connectivity index (χ3v) is 4.66. The van der Waals surface area contributed by atoms with E-state index in [4.69, 9.17) is 4.74 Å². The molecule has 0 aliphatic carbocycles. The summed E-state index contributed by atoms with van der Waals surface area (Å²) in [6.45, 7) is 4.38. The summed E-state index contributed by atoms with van der Waals surface area (Å²) >= 11 is 0. The number of anilines is 1. The van der Waals surface area contributed by atoms with Crippen LogP contribution in [-0.2, 0) is 9.53 Å². The maximum atomic E-state index is 14.3. The summed E-state index contributed by atoms with van der Waals surface area (Å²) in [6.07, 6.45) is 1.42. The Morgan fingerprint density at radius 3 is 2.50 bits per heavy atom. The lowest BCUT2D eigenvalue weighted by Crippen LogP contribution is -2.22. The number of hydrogen-bond donors (Lipinski definition) is 1. The molecule has 0 atom stereocenters. The van der Waals surface area contributed by atoms with Crippen molar-refractivity contribution in [2.75, 3.05) is 11.9 Å². The number of pyridine rings is 1. The van der Waals surface area contributed by atoms with Gasteiger partial charge in [-0.3, -0.25) is 9.59 Å². The lowest BCUT2D eigenvalue weighted by molar-refractivity contribution is -0.105. The molecular weight excluding hydrogens is 401 g/mol. The molecule has 2 aromatic carbocycles. The molecule has 1 aromatic heterocycles. The SMILES string of the molecule is CCOC(=O)c1cn(-c2cc(NC=O)c(F)cc2C)c2c(C)c(F)c(F)cc2c1=O. The number of hydrogen-bond acceptors (Lipinski definition) is 4. The molecular formula is C21H17F3N2O4. The van der Waals surface area contributed by atoms with Gasteiger partial charge in [-0.05, 0) is 44.5 Å². The minimum atomic E-state index is -1.25. The highest BCUT2D eigenvalue weighted by Gasteiger charge is 2.22. The average molecular weight is 418 g/mol. The molecule has 9 heteroatoms. The standard InChI is InChI=1S/C21H17F3N2O4/c1-4-30-21(29)13-8-26(17-7-16(25-9-27)14(22)5-10(17)2)19-11(3)18(24)15(23)6-12(19)20(13)28/h5-9H,4H2,1-3H3,(H,25,27). The van der Waals surface area contributed by atoms with Crippen molar-refractivity contribution in [1.82, 2.24) is 4.57 Å². The van der Waals surface area contributed by atoms with E-state index in [1.54, 1.807) is 13.8 Å². The summed E-state index contributed by atoms with van der Waals surface area (Å²) in [6, 6.07) is 3.10. The lowest BCUT2D eigenvalue weighted by atomic mass is 10.0. The van der Waals surface area contributed by atoms with Gasteiger partial charge in [-0.25, -0.2) is 18.0 Å². The van der Waals surface area contributed by atoms with Gasteiger partial charge in [0.25, 0.3) is 0 Å². The highest BCUT2D eigenvalue weighted by atomic mass is 19.2. The predicted molar refractivity (Wildman–Crippen MR) is 105 cm³/mol. The largest absolute Gasteiger partial charge is 0.462 e. The number of halogens is 3. The van der Waals surface area contributed by atoms with Crippen molar-refractivity contribution in [1.29, 1.82) is 0 Å². The van der Waals surface area contributed by atoms with Gasteiger partial charge in [0.2, 0.25) is 11.8 Å². The quantitative estimate of drug-likeness (QED) is 0.506. The van der Waals surface area contributed by atoms with Gasteiger partial charge in [-0.1, -0.05) is 0 Å². The first-order chi connectivity index (χ1) is 14.2. The van der Waals surface area contributed by atoms with Crippen LogP contribution in [0.5, 0.6) is 0 Å². The number of fused-ring (bicyclic) bond motifs is 1. The van der Waals surface area contributed by atoms with Crippen molar-refractivity contribution in [3.8, 4) is 5.69 Å². The number of esters is 1. The predicted octanol–water partition coefficient (Wildman–Crippen LogP) is 3.77. The molecule has 0 bridgehead atoms. The number of nitrogens with one attached hydrogen (secondary N) is 1. The molecule has 30 heavy (non-hydrogen) atoms. The molecule has 156 valence electrons. The average Bonchev–Trinajstić information content (AvgIpc) is 2.69. The fraction of sp³-hybridized carbons (Fsp3) is 0.190. The first kappa shape index (κ1) is 21.1. The van der Waals surface area contributed by atoms with Crippen LogP contribution in [0.2, 0.25) is 0 Å². The number of carbonyl (C=O) groups is 2. The number of nitrogens with zero attached hydrogens (tertiary/aromatic N) is 1.